The van der Waals surface area contributed by atoms with Crippen LogP contribution in [0.5, 0.6) is 0 Å². The lowest BCUT2D eigenvalue weighted by atomic mass is 10.1. The molecule has 4 heteroatoms. The second-order valence-corrected chi connectivity index (χ2v) is 4.39. The molecule has 0 bridgehead atoms. The van der Waals surface area contributed by atoms with Crippen LogP contribution in [0.1, 0.15) is 0 Å². The first-order chi connectivity index (χ1) is 6.61. The maximum absolute atomic E-state index is 6.04. The van der Waals surface area contributed by atoms with Gasteiger partial charge in [0.25, 0.3) is 0 Å². The average Bonchev–Trinajstić information content (AvgIpc) is 2.14. The molecule has 0 N–H and O–H groups in total. The summed E-state index contributed by atoms with van der Waals surface area (Å²) in [5, 5.41) is 3.38. The fraction of sp³-hybridized carbons (Fsp3) is 0. The van der Waals surface area contributed by atoms with E-state index in [-0.39, 0.29) is 0 Å². The SMILES string of the molecule is Clc1cc2cccc(Cl)c2c(Cl)c1Cl. The minimum atomic E-state index is 0.342. The van der Waals surface area contributed by atoms with Gasteiger partial charge in [-0.15, -0.1) is 0 Å². The molecule has 0 radical (unpaired) electrons. The van der Waals surface area contributed by atoms with Crippen LogP contribution in [0.25, 0.3) is 10.8 Å². The van der Waals surface area contributed by atoms with Crippen LogP contribution in [0.4, 0.5) is 0 Å². The minimum Gasteiger partial charge on any atom is -0.0836 e. The topological polar surface area (TPSA) is 0 Å². The average molecular weight is 266 g/mol. The summed E-state index contributed by atoms with van der Waals surface area (Å²) in [6, 6.07) is 7.23. The molecule has 0 aliphatic heterocycles. The highest BCUT2D eigenvalue weighted by molar-refractivity contribution is 6.52. The summed E-state index contributed by atoms with van der Waals surface area (Å²) < 4.78 is 0. The zero-order valence-electron chi connectivity index (χ0n) is 6.82. The molecular formula is C10H4Cl4. The van der Waals surface area contributed by atoms with E-state index in [2.05, 4.69) is 0 Å². The minimum absolute atomic E-state index is 0.342. The molecular weight excluding hydrogens is 262 g/mol. The van der Waals surface area contributed by atoms with Gasteiger partial charge in [0.1, 0.15) is 0 Å². The van der Waals surface area contributed by atoms with Gasteiger partial charge >= 0.3 is 0 Å². The van der Waals surface area contributed by atoms with Crippen molar-refractivity contribution >= 4 is 57.2 Å². The molecule has 2 aromatic rings. The molecule has 0 heterocycles. The summed E-state index contributed by atoms with van der Waals surface area (Å²) in [5.41, 5.74) is 0. The van der Waals surface area contributed by atoms with E-state index in [1.807, 2.05) is 12.1 Å². The number of rotatable bonds is 0. The highest BCUT2D eigenvalue weighted by Crippen LogP contribution is 2.39. The first-order valence-corrected chi connectivity index (χ1v) is 5.34. The molecule has 0 unspecified atom stereocenters. The van der Waals surface area contributed by atoms with E-state index in [1.165, 1.54) is 0 Å². The summed E-state index contributed by atoms with van der Waals surface area (Å²) >= 11 is 23.8. The summed E-state index contributed by atoms with van der Waals surface area (Å²) in [6.45, 7) is 0. The number of hydrogen-bond acceptors (Lipinski definition) is 0. The Morgan fingerprint density at radius 1 is 0.786 bits per heavy atom. The van der Waals surface area contributed by atoms with Crippen LogP contribution in [-0.2, 0) is 0 Å². The number of benzene rings is 2. The Kier molecular flexibility index (Phi) is 2.81. The van der Waals surface area contributed by atoms with Crippen molar-refractivity contribution in [1.82, 2.24) is 0 Å². The van der Waals surface area contributed by atoms with Crippen LogP contribution < -0.4 is 0 Å². The molecule has 0 spiro atoms. The summed E-state index contributed by atoms with van der Waals surface area (Å²) in [5.74, 6) is 0. The van der Waals surface area contributed by atoms with Gasteiger partial charge in [-0.25, -0.2) is 0 Å². The third-order valence-electron chi connectivity index (χ3n) is 1.95. The van der Waals surface area contributed by atoms with Crippen molar-refractivity contribution in [2.45, 2.75) is 0 Å². The lowest BCUT2D eigenvalue weighted by Crippen LogP contribution is -1.79. The molecule has 0 nitrogen and oxygen atoms in total. The summed E-state index contributed by atoms with van der Waals surface area (Å²) in [4.78, 5) is 0. The normalized spacial score (nSPS) is 10.9. The molecule has 0 saturated heterocycles. The Balaban J connectivity index is 2.99. The summed E-state index contributed by atoms with van der Waals surface area (Å²) in [7, 11) is 0. The van der Waals surface area contributed by atoms with Gasteiger partial charge in [0.15, 0.2) is 0 Å². The van der Waals surface area contributed by atoms with Gasteiger partial charge in [-0.3, -0.25) is 0 Å². The fourth-order valence-corrected chi connectivity index (χ4v) is 2.35. The second-order valence-electron chi connectivity index (χ2n) is 2.82. The van der Waals surface area contributed by atoms with Gasteiger partial charge in [-0.05, 0) is 17.5 Å². The van der Waals surface area contributed by atoms with Gasteiger partial charge in [0, 0.05) is 10.4 Å². The smallest absolute Gasteiger partial charge is 0.0785 e. The number of hydrogen-bond donors (Lipinski definition) is 0. The predicted octanol–water partition coefficient (Wildman–Crippen LogP) is 5.45. The lowest BCUT2D eigenvalue weighted by molar-refractivity contribution is 1.74. The van der Waals surface area contributed by atoms with Gasteiger partial charge in [-0.2, -0.15) is 0 Å². The molecule has 72 valence electrons. The molecule has 0 fully saturated rings. The Hall–Kier alpha value is -0.140. The standard InChI is InChI=1S/C10H4Cl4/c11-6-3-1-2-5-4-7(12)9(13)10(14)8(5)6/h1-4H. The van der Waals surface area contributed by atoms with Crippen molar-refractivity contribution < 1.29 is 0 Å². The number of fused-ring (bicyclic) bond motifs is 1. The monoisotopic (exact) mass is 264 g/mol. The van der Waals surface area contributed by atoms with E-state index in [0.717, 1.165) is 10.8 Å². The van der Waals surface area contributed by atoms with E-state index in [4.69, 9.17) is 46.4 Å². The van der Waals surface area contributed by atoms with Crippen molar-refractivity contribution in [1.29, 1.82) is 0 Å². The van der Waals surface area contributed by atoms with Crippen molar-refractivity contribution in [3.63, 3.8) is 0 Å². The van der Waals surface area contributed by atoms with E-state index < -0.39 is 0 Å². The first kappa shape index (κ1) is 10.4. The Labute approximate surface area is 101 Å². The maximum Gasteiger partial charge on any atom is 0.0785 e. The molecule has 14 heavy (non-hydrogen) atoms. The van der Waals surface area contributed by atoms with Crippen LogP contribution in [0.15, 0.2) is 24.3 Å². The fourth-order valence-electron chi connectivity index (χ4n) is 1.31. The van der Waals surface area contributed by atoms with E-state index in [1.54, 1.807) is 12.1 Å². The molecule has 0 aliphatic carbocycles. The van der Waals surface area contributed by atoms with E-state index in [0.29, 0.717) is 20.1 Å². The quantitative estimate of drug-likeness (QED) is 0.556. The van der Waals surface area contributed by atoms with Crippen molar-refractivity contribution in [2.75, 3.05) is 0 Å². The van der Waals surface area contributed by atoms with Gasteiger partial charge in [0.05, 0.1) is 15.1 Å². The van der Waals surface area contributed by atoms with Gasteiger partial charge < -0.3 is 0 Å². The zero-order chi connectivity index (χ0) is 10.3. The lowest BCUT2D eigenvalue weighted by Gasteiger charge is -2.06. The van der Waals surface area contributed by atoms with Crippen LogP contribution >= 0.6 is 46.4 Å². The van der Waals surface area contributed by atoms with E-state index in [9.17, 15) is 0 Å². The molecule has 0 aliphatic rings. The second kappa shape index (κ2) is 3.79. The largest absolute Gasteiger partial charge is 0.0836 e. The molecule has 0 saturated carbocycles. The van der Waals surface area contributed by atoms with Crippen LogP contribution in [0.3, 0.4) is 0 Å². The first-order valence-electron chi connectivity index (χ1n) is 3.83. The van der Waals surface area contributed by atoms with Crippen LogP contribution in [-0.4, -0.2) is 0 Å². The third kappa shape index (κ3) is 1.57. The van der Waals surface area contributed by atoms with Gasteiger partial charge in [-0.1, -0.05) is 58.5 Å². The highest BCUT2D eigenvalue weighted by atomic mass is 35.5. The predicted molar refractivity (Wildman–Crippen MR) is 64.0 cm³/mol. The Morgan fingerprint density at radius 2 is 1.50 bits per heavy atom. The summed E-state index contributed by atoms with van der Waals surface area (Å²) in [6.07, 6.45) is 0. The number of halogens is 4. The molecule has 0 aromatic heterocycles. The highest BCUT2D eigenvalue weighted by Gasteiger charge is 2.10. The van der Waals surface area contributed by atoms with Gasteiger partial charge in [0.2, 0.25) is 0 Å². The van der Waals surface area contributed by atoms with E-state index >= 15 is 0 Å². The van der Waals surface area contributed by atoms with Crippen LogP contribution in [0.2, 0.25) is 20.1 Å². The van der Waals surface area contributed by atoms with Crippen molar-refractivity contribution in [2.24, 2.45) is 0 Å². The van der Waals surface area contributed by atoms with Crippen molar-refractivity contribution in [3.8, 4) is 0 Å². The zero-order valence-corrected chi connectivity index (χ0v) is 9.84. The molecule has 0 atom stereocenters. The molecule has 0 amide bonds. The molecule has 2 aromatic carbocycles. The van der Waals surface area contributed by atoms with Crippen molar-refractivity contribution in [3.05, 3.63) is 44.4 Å². The molecule has 2 rings (SSSR count). The Bertz CT molecular complexity index is 505. The van der Waals surface area contributed by atoms with Crippen LogP contribution in [0, 0.1) is 0 Å². The maximum atomic E-state index is 6.04. The Morgan fingerprint density at radius 3 is 2.21 bits per heavy atom. The third-order valence-corrected chi connectivity index (χ3v) is 3.53.